The minimum absolute atomic E-state index is 0.0292. The Hall–Kier alpha value is -4.08. The molecule has 0 unspecified atom stereocenters. The first-order valence-electron chi connectivity index (χ1n) is 10.2. The predicted octanol–water partition coefficient (Wildman–Crippen LogP) is 2.66. The molecular weight excluding hydrogens is 428 g/mol. The molecule has 0 heterocycles. The Kier molecular flexibility index (Phi) is 9.22. The van der Waals surface area contributed by atoms with Crippen LogP contribution in [0.4, 0.5) is 16.2 Å². The van der Waals surface area contributed by atoms with Crippen LogP contribution < -0.4 is 26.0 Å². The molecule has 2 aromatic carbocycles. The largest absolute Gasteiger partial charge is 0.495 e. The fraction of sp³-hybridized carbons (Fsp3) is 0.304. The Morgan fingerprint density at radius 3 is 2.27 bits per heavy atom. The molecule has 2 aromatic rings. The molecule has 0 atom stereocenters. The van der Waals surface area contributed by atoms with E-state index in [1.165, 1.54) is 20.1 Å². The number of urea groups is 1. The molecule has 0 aliphatic heterocycles. The van der Waals surface area contributed by atoms with Crippen LogP contribution >= 0.6 is 0 Å². The molecule has 10 heteroatoms. The fourth-order valence-electron chi connectivity index (χ4n) is 2.74. The second-order valence-corrected chi connectivity index (χ2v) is 7.40. The van der Waals surface area contributed by atoms with Crippen LogP contribution in [0.3, 0.4) is 0 Å². The van der Waals surface area contributed by atoms with E-state index in [0.29, 0.717) is 23.7 Å². The number of rotatable bonds is 9. The summed E-state index contributed by atoms with van der Waals surface area (Å²) in [4.78, 5) is 47.4. The Bertz CT molecular complexity index is 1000. The van der Waals surface area contributed by atoms with Crippen molar-refractivity contribution in [3.8, 4) is 5.75 Å². The highest BCUT2D eigenvalue weighted by atomic mass is 16.5. The number of carbonyl (C=O) groups excluding carboxylic acids is 4. The quantitative estimate of drug-likeness (QED) is 0.429. The van der Waals surface area contributed by atoms with Crippen LogP contribution in [0.15, 0.2) is 42.5 Å². The van der Waals surface area contributed by atoms with Crippen molar-refractivity contribution in [3.63, 3.8) is 0 Å². The molecule has 0 aromatic heterocycles. The van der Waals surface area contributed by atoms with Gasteiger partial charge >= 0.3 is 12.0 Å². The van der Waals surface area contributed by atoms with E-state index >= 15 is 0 Å². The van der Waals surface area contributed by atoms with E-state index < -0.39 is 18.5 Å². The number of carbonyl (C=O) groups is 4. The van der Waals surface area contributed by atoms with Gasteiger partial charge in [0.25, 0.3) is 5.91 Å². The number of amides is 4. The zero-order valence-corrected chi connectivity index (χ0v) is 19.0. The maximum atomic E-state index is 12.3. The Labute approximate surface area is 192 Å². The number of benzene rings is 2. The average Bonchev–Trinajstić information content (AvgIpc) is 2.76. The lowest BCUT2D eigenvalue weighted by atomic mass is 10.1. The summed E-state index contributed by atoms with van der Waals surface area (Å²) in [5.74, 6) is -1.11. The van der Waals surface area contributed by atoms with E-state index in [-0.39, 0.29) is 23.5 Å². The number of ether oxygens (including phenoxy) is 2. The molecule has 0 saturated heterocycles. The van der Waals surface area contributed by atoms with Crippen LogP contribution in [0.1, 0.15) is 36.7 Å². The lowest BCUT2D eigenvalue weighted by Crippen LogP contribution is -2.39. The molecule has 0 saturated carbocycles. The van der Waals surface area contributed by atoms with Crippen molar-refractivity contribution in [1.82, 2.24) is 10.6 Å². The van der Waals surface area contributed by atoms with E-state index in [1.807, 2.05) is 13.8 Å². The molecule has 176 valence electrons. The van der Waals surface area contributed by atoms with E-state index in [2.05, 4.69) is 21.3 Å². The highest BCUT2D eigenvalue weighted by molar-refractivity contribution is 5.97. The number of anilines is 2. The summed E-state index contributed by atoms with van der Waals surface area (Å²) in [5, 5.41) is 10.6. The highest BCUT2D eigenvalue weighted by Crippen LogP contribution is 2.27. The minimum Gasteiger partial charge on any atom is -0.495 e. The summed E-state index contributed by atoms with van der Waals surface area (Å²) in [5.41, 5.74) is 1.87. The number of esters is 1. The fourth-order valence-corrected chi connectivity index (χ4v) is 2.74. The number of hydrogen-bond donors (Lipinski definition) is 4. The van der Waals surface area contributed by atoms with Gasteiger partial charge in [-0.25, -0.2) is 9.59 Å². The van der Waals surface area contributed by atoms with Gasteiger partial charge in [-0.3, -0.25) is 9.59 Å². The van der Waals surface area contributed by atoms with Crippen LogP contribution in [0, 0.1) is 0 Å². The third-order valence-electron chi connectivity index (χ3n) is 4.19. The average molecular weight is 456 g/mol. The first kappa shape index (κ1) is 25.2. The molecule has 0 radical (unpaired) electrons. The molecule has 0 bridgehead atoms. The van der Waals surface area contributed by atoms with Gasteiger partial charge in [-0.05, 0) is 49.7 Å². The Morgan fingerprint density at radius 1 is 0.970 bits per heavy atom. The number of methoxy groups -OCH3 is 1. The number of hydrogen-bond acceptors (Lipinski definition) is 6. The van der Waals surface area contributed by atoms with Crippen molar-refractivity contribution < 1.29 is 28.7 Å². The predicted molar refractivity (Wildman–Crippen MR) is 123 cm³/mol. The Morgan fingerprint density at radius 2 is 1.67 bits per heavy atom. The van der Waals surface area contributed by atoms with Crippen LogP contribution in [0.2, 0.25) is 0 Å². The van der Waals surface area contributed by atoms with Crippen molar-refractivity contribution in [2.24, 2.45) is 0 Å². The van der Waals surface area contributed by atoms with Gasteiger partial charge in [0.1, 0.15) is 5.75 Å². The molecule has 0 aliphatic carbocycles. The van der Waals surface area contributed by atoms with Gasteiger partial charge in [0.15, 0.2) is 6.61 Å². The van der Waals surface area contributed by atoms with Crippen LogP contribution in [-0.2, 0) is 20.9 Å². The second kappa shape index (κ2) is 12.1. The first-order valence-corrected chi connectivity index (χ1v) is 10.2. The van der Waals surface area contributed by atoms with Crippen molar-refractivity contribution in [1.29, 1.82) is 0 Å². The monoisotopic (exact) mass is 456 g/mol. The van der Waals surface area contributed by atoms with Gasteiger partial charge < -0.3 is 30.7 Å². The SMILES string of the molecule is COc1ccc(NC(C)=O)cc1NC(=O)COC(=O)c1ccc(CNC(=O)NC(C)C)cc1. The third-order valence-corrected chi connectivity index (χ3v) is 4.19. The zero-order chi connectivity index (χ0) is 24.4. The summed E-state index contributed by atoms with van der Waals surface area (Å²) >= 11 is 0. The first-order chi connectivity index (χ1) is 15.7. The lowest BCUT2D eigenvalue weighted by Gasteiger charge is -2.12. The van der Waals surface area contributed by atoms with Crippen LogP contribution in [-0.4, -0.2) is 43.6 Å². The zero-order valence-electron chi connectivity index (χ0n) is 19.0. The van der Waals surface area contributed by atoms with Crippen LogP contribution in [0.25, 0.3) is 0 Å². The van der Waals surface area contributed by atoms with E-state index in [0.717, 1.165) is 5.56 Å². The summed E-state index contributed by atoms with van der Waals surface area (Å²) < 4.78 is 10.3. The molecular formula is C23H28N4O6. The summed E-state index contributed by atoms with van der Waals surface area (Å²) in [6.07, 6.45) is 0. The molecule has 0 fully saturated rings. The normalized spacial score (nSPS) is 10.2. The van der Waals surface area contributed by atoms with Gasteiger partial charge in [0, 0.05) is 25.2 Å². The van der Waals surface area contributed by atoms with Gasteiger partial charge in [0.2, 0.25) is 5.91 Å². The van der Waals surface area contributed by atoms with Gasteiger partial charge in [-0.1, -0.05) is 12.1 Å². The van der Waals surface area contributed by atoms with Crippen molar-refractivity contribution in [2.75, 3.05) is 24.4 Å². The molecule has 10 nitrogen and oxygen atoms in total. The third kappa shape index (κ3) is 8.52. The van der Waals surface area contributed by atoms with Gasteiger partial charge in [-0.15, -0.1) is 0 Å². The number of nitrogens with one attached hydrogen (secondary N) is 4. The highest BCUT2D eigenvalue weighted by Gasteiger charge is 2.13. The molecule has 0 aliphatic rings. The summed E-state index contributed by atoms with van der Waals surface area (Å²) in [7, 11) is 1.44. The molecule has 4 amide bonds. The maximum Gasteiger partial charge on any atom is 0.338 e. The summed E-state index contributed by atoms with van der Waals surface area (Å²) in [6, 6.07) is 11.0. The van der Waals surface area contributed by atoms with Gasteiger partial charge in [0.05, 0.1) is 18.4 Å². The topological polar surface area (TPSA) is 135 Å². The molecule has 4 N–H and O–H groups in total. The van der Waals surface area contributed by atoms with Gasteiger partial charge in [-0.2, -0.15) is 0 Å². The second-order valence-electron chi connectivity index (χ2n) is 7.40. The molecule has 0 spiro atoms. The lowest BCUT2D eigenvalue weighted by molar-refractivity contribution is -0.119. The molecule has 2 rings (SSSR count). The van der Waals surface area contributed by atoms with Crippen molar-refractivity contribution in [3.05, 3.63) is 53.6 Å². The van der Waals surface area contributed by atoms with E-state index in [9.17, 15) is 19.2 Å². The smallest absolute Gasteiger partial charge is 0.338 e. The van der Waals surface area contributed by atoms with E-state index in [4.69, 9.17) is 9.47 Å². The van der Waals surface area contributed by atoms with Crippen molar-refractivity contribution in [2.45, 2.75) is 33.4 Å². The van der Waals surface area contributed by atoms with Crippen molar-refractivity contribution >= 4 is 35.2 Å². The summed E-state index contributed by atoms with van der Waals surface area (Å²) in [6.45, 7) is 4.88. The maximum absolute atomic E-state index is 12.3. The standard InChI is InChI=1S/C23H28N4O6/c1-14(2)25-23(31)24-12-16-5-7-17(8-6-16)22(30)33-13-21(29)27-19-11-18(26-15(3)28)9-10-20(19)32-4/h5-11,14H,12-13H2,1-4H3,(H,26,28)(H,27,29)(H2,24,25,31). The Balaban J connectivity index is 1.88. The van der Waals surface area contributed by atoms with E-state index in [1.54, 1.807) is 36.4 Å². The minimum atomic E-state index is -0.666. The molecule has 33 heavy (non-hydrogen) atoms. The van der Waals surface area contributed by atoms with Crippen LogP contribution in [0.5, 0.6) is 5.75 Å².